The maximum atomic E-state index is 11.6. The fourth-order valence-electron chi connectivity index (χ4n) is 3.29. The molecule has 0 aromatic carbocycles. The van der Waals surface area contributed by atoms with Gasteiger partial charge in [-0.25, -0.2) is 12.7 Å². The lowest BCUT2D eigenvalue weighted by Crippen LogP contribution is -2.51. The molecule has 2 saturated heterocycles. The topological polar surface area (TPSA) is 94.1 Å². The maximum absolute atomic E-state index is 11.6. The number of likely N-dealkylation sites (tertiary alicyclic amines) is 1. The van der Waals surface area contributed by atoms with Crippen LogP contribution in [0.2, 0.25) is 0 Å². The average Bonchev–Trinajstić information content (AvgIpc) is 2.56. The first-order chi connectivity index (χ1) is 11.8. The summed E-state index contributed by atoms with van der Waals surface area (Å²) in [6.45, 7) is 5.35. The minimum atomic E-state index is -3.08. The third kappa shape index (κ3) is 6.14. The normalized spacial score (nSPS) is 24.4. The molecule has 9 heteroatoms. The van der Waals surface area contributed by atoms with Crippen LogP contribution < -0.4 is 10.6 Å². The van der Waals surface area contributed by atoms with Crippen LogP contribution in [0, 0.1) is 5.92 Å². The van der Waals surface area contributed by atoms with Gasteiger partial charge in [-0.05, 0) is 32.1 Å². The van der Waals surface area contributed by atoms with Crippen LogP contribution in [0.5, 0.6) is 0 Å². The number of carbonyl (C=O) groups is 1. The molecule has 2 N–H and O–H groups in total. The molecule has 8 nitrogen and oxygen atoms in total. The highest BCUT2D eigenvalue weighted by molar-refractivity contribution is 7.88. The van der Waals surface area contributed by atoms with Crippen LogP contribution >= 0.6 is 0 Å². The summed E-state index contributed by atoms with van der Waals surface area (Å²) in [6.07, 6.45) is 4.34. The number of guanidine groups is 1. The van der Waals surface area contributed by atoms with Crippen LogP contribution in [-0.4, -0.2) is 81.6 Å². The zero-order valence-electron chi connectivity index (χ0n) is 15.5. The molecule has 2 aliphatic heterocycles. The van der Waals surface area contributed by atoms with Crippen LogP contribution in [-0.2, 0) is 14.8 Å². The second-order valence-electron chi connectivity index (χ2n) is 6.98. The molecule has 2 aliphatic rings. The van der Waals surface area contributed by atoms with Gasteiger partial charge in [0.05, 0.1) is 6.26 Å². The molecule has 0 aliphatic carbocycles. The minimum Gasteiger partial charge on any atom is -0.357 e. The van der Waals surface area contributed by atoms with E-state index in [-0.39, 0.29) is 11.9 Å². The van der Waals surface area contributed by atoms with Crippen LogP contribution in [0.4, 0.5) is 0 Å². The minimum absolute atomic E-state index is 0.192. The monoisotopic (exact) mass is 373 g/mol. The lowest BCUT2D eigenvalue weighted by molar-refractivity contribution is -0.132. The molecule has 1 amide bonds. The number of carbonyl (C=O) groups excluding carboxylic acids is 1. The van der Waals surface area contributed by atoms with Crippen molar-refractivity contribution in [1.29, 1.82) is 0 Å². The molecule has 0 saturated carbocycles. The van der Waals surface area contributed by atoms with Crippen molar-refractivity contribution in [2.75, 3.05) is 46.0 Å². The number of aliphatic imine (C=N–C) groups is 1. The predicted molar refractivity (Wildman–Crippen MR) is 98.9 cm³/mol. The molecule has 0 bridgehead atoms. The Hall–Kier alpha value is -1.35. The molecule has 1 atom stereocenters. The number of nitrogens with zero attached hydrogens (tertiary/aromatic N) is 3. The van der Waals surface area contributed by atoms with Crippen molar-refractivity contribution < 1.29 is 13.2 Å². The first-order valence-electron chi connectivity index (χ1n) is 9.03. The van der Waals surface area contributed by atoms with E-state index in [4.69, 9.17) is 0 Å². The molecule has 0 aromatic heterocycles. The van der Waals surface area contributed by atoms with Crippen molar-refractivity contribution >= 4 is 21.9 Å². The number of hydrogen-bond acceptors (Lipinski definition) is 4. The summed E-state index contributed by atoms with van der Waals surface area (Å²) in [4.78, 5) is 18.0. The van der Waals surface area contributed by atoms with Crippen molar-refractivity contribution in [3.05, 3.63) is 0 Å². The van der Waals surface area contributed by atoms with Crippen LogP contribution in [0.3, 0.4) is 0 Å². The van der Waals surface area contributed by atoms with E-state index in [0.717, 1.165) is 31.8 Å². The SMILES string of the molecule is CCNC(=NCC1CCN(S(C)(=O)=O)CC1)NC1CCC(=O)N(C)C1. The Labute approximate surface area is 151 Å². The molecule has 2 fully saturated rings. The fourth-order valence-corrected chi connectivity index (χ4v) is 4.16. The number of nitrogens with one attached hydrogen (secondary N) is 2. The fraction of sp³-hybridized carbons (Fsp3) is 0.875. The number of rotatable bonds is 5. The van der Waals surface area contributed by atoms with E-state index in [0.29, 0.717) is 38.5 Å². The Morgan fingerprint density at radius 1 is 1.28 bits per heavy atom. The highest BCUT2D eigenvalue weighted by Crippen LogP contribution is 2.19. The number of piperidine rings is 2. The molecule has 0 radical (unpaired) electrons. The Balaban J connectivity index is 1.84. The summed E-state index contributed by atoms with van der Waals surface area (Å²) in [7, 11) is -1.25. The van der Waals surface area contributed by atoms with Gasteiger partial charge in [0.1, 0.15) is 0 Å². The Morgan fingerprint density at radius 3 is 2.52 bits per heavy atom. The van der Waals surface area contributed by atoms with E-state index in [9.17, 15) is 13.2 Å². The zero-order valence-corrected chi connectivity index (χ0v) is 16.3. The Kier molecular flexibility index (Phi) is 7.06. The van der Waals surface area contributed by atoms with Gasteiger partial charge in [0, 0.05) is 52.2 Å². The van der Waals surface area contributed by atoms with Gasteiger partial charge in [-0.3, -0.25) is 9.79 Å². The molecule has 0 spiro atoms. The van der Waals surface area contributed by atoms with E-state index in [1.807, 2.05) is 14.0 Å². The van der Waals surface area contributed by atoms with Gasteiger partial charge in [-0.2, -0.15) is 0 Å². The van der Waals surface area contributed by atoms with Gasteiger partial charge in [0.25, 0.3) is 0 Å². The summed E-state index contributed by atoms with van der Waals surface area (Å²) in [5, 5.41) is 6.68. The van der Waals surface area contributed by atoms with Crippen molar-refractivity contribution in [3.8, 4) is 0 Å². The van der Waals surface area contributed by atoms with Crippen molar-refractivity contribution in [2.45, 2.75) is 38.6 Å². The maximum Gasteiger partial charge on any atom is 0.222 e. The van der Waals surface area contributed by atoms with E-state index in [1.165, 1.54) is 6.26 Å². The summed E-state index contributed by atoms with van der Waals surface area (Å²) in [5.41, 5.74) is 0. The third-order valence-electron chi connectivity index (χ3n) is 4.86. The van der Waals surface area contributed by atoms with Crippen LogP contribution in [0.25, 0.3) is 0 Å². The van der Waals surface area contributed by atoms with Gasteiger partial charge in [0.15, 0.2) is 5.96 Å². The van der Waals surface area contributed by atoms with Crippen molar-refractivity contribution in [1.82, 2.24) is 19.8 Å². The molecule has 25 heavy (non-hydrogen) atoms. The first kappa shape index (κ1) is 20.0. The second-order valence-corrected chi connectivity index (χ2v) is 8.96. The standard InChI is InChI=1S/C16H31N5O3S/c1-4-17-16(19-14-5-6-15(22)20(2)12-14)18-11-13-7-9-21(10-8-13)25(3,23)24/h13-14H,4-12H2,1-3H3,(H2,17,18,19). The summed E-state index contributed by atoms with van der Waals surface area (Å²) in [6, 6.07) is 0.215. The van der Waals surface area contributed by atoms with E-state index in [1.54, 1.807) is 9.21 Å². The molecule has 0 aromatic rings. The second kappa shape index (κ2) is 8.84. The molecule has 1 unspecified atom stereocenters. The van der Waals surface area contributed by atoms with E-state index < -0.39 is 10.0 Å². The van der Waals surface area contributed by atoms with E-state index in [2.05, 4.69) is 15.6 Å². The molecule has 2 rings (SSSR count). The zero-order chi connectivity index (χ0) is 18.4. The van der Waals surface area contributed by atoms with Gasteiger partial charge in [-0.1, -0.05) is 0 Å². The molecular formula is C16H31N5O3S. The molecule has 2 heterocycles. The van der Waals surface area contributed by atoms with Gasteiger partial charge < -0.3 is 15.5 Å². The number of likely N-dealkylation sites (N-methyl/N-ethyl adjacent to an activating group) is 1. The lowest BCUT2D eigenvalue weighted by atomic mass is 9.98. The lowest BCUT2D eigenvalue weighted by Gasteiger charge is -2.32. The number of hydrogen-bond donors (Lipinski definition) is 2. The predicted octanol–water partition coefficient (Wildman–Crippen LogP) is -0.166. The van der Waals surface area contributed by atoms with E-state index >= 15 is 0 Å². The van der Waals surface area contributed by atoms with Crippen molar-refractivity contribution in [3.63, 3.8) is 0 Å². The van der Waals surface area contributed by atoms with Gasteiger partial charge in [0.2, 0.25) is 15.9 Å². The molecule has 144 valence electrons. The third-order valence-corrected chi connectivity index (χ3v) is 6.17. The van der Waals surface area contributed by atoms with Gasteiger partial charge >= 0.3 is 0 Å². The highest BCUT2D eigenvalue weighted by Gasteiger charge is 2.25. The Bertz CT molecular complexity index is 585. The average molecular weight is 374 g/mol. The van der Waals surface area contributed by atoms with Crippen LogP contribution in [0.1, 0.15) is 32.6 Å². The summed E-state index contributed by atoms with van der Waals surface area (Å²) < 4.78 is 24.7. The van der Waals surface area contributed by atoms with Crippen LogP contribution in [0.15, 0.2) is 4.99 Å². The van der Waals surface area contributed by atoms with Gasteiger partial charge in [-0.15, -0.1) is 0 Å². The molecular weight excluding hydrogens is 342 g/mol. The van der Waals surface area contributed by atoms with Crippen molar-refractivity contribution in [2.24, 2.45) is 10.9 Å². The summed E-state index contributed by atoms with van der Waals surface area (Å²) >= 11 is 0. The number of amides is 1. The quantitative estimate of drug-likeness (QED) is 0.516. The first-order valence-corrected chi connectivity index (χ1v) is 10.9. The largest absolute Gasteiger partial charge is 0.357 e. The highest BCUT2D eigenvalue weighted by atomic mass is 32.2. The summed E-state index contributed by atoms with van der Waals surface area (Å²) in [5.74, 6) is 1.38. The smallest absolute Gasteiger partial charge is 0.222 e. The Morgan fingerprint density at radius 2 is 1.96 bits per heavy atom. The number of sulfonamides is 1.